The molecule has 2 aromatic rings. The molecule has 0 bridgehead atoms. The van der Waals surface area contributed by atoms with Gasteiger partial charge in [-0.1, -0.05) is 0 Å². The first kappa shape index (κ1) is 22.8. The number of alkyl halides is 3. The van der Waals surface area contributed by atoms with E-state index < -0.39 is 12.0 Å². The molecule has 3 aliphatic rings. The summed E-state index contributed by atoms with van der Waals surface area (Å²) >= 11 is 0. The number of carbonyl (C=O) groups is 2. The number of fused-ring (bicyclic) bond motifs is 1. The second-order valence-electron chi connectivity index (χ2n) is 9.19. The van der Waals surface area contributed by atoms with E-state index in [2.05, 4.69) is 25.5 Å². The lowest BCUT2D eigenvalue weighted by Crippen LogP contribution is -2.53. The average molecular weight is 480 g/mol. The highest BCUT2D eigenvalue weighted by atomic mass is 19.4. The summed E-state index contributed by atoms with van der Waals surface area (Å²) in [6.45, 7) is 3.97. The van der Waals surface area contributed by atoms with E-state index in [0.29, 0.717) is 70.5 Å². The van der Waals surface area contributed by atoms with Crippen LogP contribution in [0.3, 0.4) is 0 Å². The average Bonchev–Trinajstić information content (AvgIpc) is 3.52. The van der Waals surface area contributed by atoms with Crippen LogP contribution in [0.2, 0.25) is 0 Å². The first-order valence-electron chi connectivity index (χ1n) is 11.6. The molecule has 1 aliphatic carbocycles. The third-order valence-electron chi connectivity index (χ3n) is 6.66. The standard InChI is InChI=1S/C21H27F3N8O2/c22-21(23,24)20-27-26-16-3-4-17(28-32(16)20)30-7-5-14(6-8-30)19(34)31-11-9-29(10-12-31)13-18(33)25-15-1-2-15/h3-4,14-15H,1-2,5-13H2,(H,25,33). The molecule has 2 aromatic heterocycles. The third kappa shape index (κ3) is 4.93. The molecule has 0 atom stereocenters. The van der Waals surface area contributed by atoms with E-state index in [1.807, 2.05) is 9.80 Å². The van der Waals surface area contributed by atoms with Crippen molar-refractivity contribution in [3.8, 4) is 0 Å². The van der Waals surface area contributed by atoms with Crippen molar-refractivity contribution in [1.82, 2.24) is 34.9 Å². The molecule has 2 aliphatic heterocycles. The fourth-order valence-corrected chi connectivity index (χ4v) is 4.57. The number of nitrogens with one attached hydrogen (secondary N) is 1. The number of hydrogen-bond acceptors (Lipinski definition) is 7. The molecule has 184 valence electrons. The second-order valence-corrected chi connectivity index (χ2v) is 9.19. The summed E-state index contributed by atoms with van der Waals surface area (Å²) < 4.78 is 40.1. The van der Waals surface area contributed by atoms with Gasteiger partial charge in [-0.05, 0) is 37.8 Å². The number of amides is 2. The number of aromatic nitrogens is 4. The Labute approximate surface area is 194 Å². The van der Waals surface area contributed by atoms with Gasteiger partial charge >= 0.3 is 6.18 Å². The molecule has 3 fully saturated rings. The minimum atomic E-state index is -4.64. The summed E-state index contributed by atoms with van der Waals surface area (Å²) in [6, 6.07) is 3.44. The quantitative estimate of drug-likeness (QED) is 0.676. The maximum Gasteiger partial charge on any atom is 0.453 e. The van der Waals surface area contributed by atoms with Gasteiger partial charge in [-0.2, -0.15) is 17.7 Å². The lowest BCUT2D eigenvalue weighted by atomic mass is 9.95. The Hall–Kier alpha value is -2.96. The maximum atomic E-state index is 13.1. The van der Waals surface area contributed by atoms with Gasteiger partial charge in [0.1, 0.15) is 5.82 Å². The van der Waals surface area contributed by atoms with Gasteiger partial charge in [0.25, 0.3) is 5.82 Å². The van der Waals surface area contributed by atoms with E-state index in [1.165, 1.54) is 6.07 Å². The Bertz CT molecular complexity index is 1050. The van der Waals surface area contributed by atoms with Crippen molar-refractivity contribution in [2.45, 2.75) is 37.9 Å². The smallest absolute Gasteiger partial charge is 0.355 e. The highest BCUT2D eigenvalue weighted by Crippen LogP contribution is 2.29. The molecule has 2 amide bonds. The summed E-state index contributed by atoms with van der Waals surface area (Å²) in [7, 11) is 0. The summed E-state index contributed by atoms with van der Waals surface area (Å²) in [4.78, 5) is 30.8. The zero-order valence-electron chi connectivity index (χ0n) is 18.7. The molecule has 0 radical (unpaired) electrons. The van der Waals surface area contributed by atoms with Crippen LogP contribution in [0.4, 0.5) is 19.0 Å². The number of hydrogen-bond donors (Lipinski definition) is 1. The van der Waals surface area contributed by atoms with Crippen molar-refractivity contribution in [1.29, 1.82) is 0 Å². The topological polar surface area (TPSA) is 99.0 Å². The van der Waals surface area contributed by atoms with Crippen LogP contribution in [0.15, 0.2) is 12.1 Å². The summed E-state index contributed by atoms with van der Waals surface area (Å²) in [5, 5.41) is 13.8. The van der Waals surface area contributed by atoms with Crippen molar-refractivity contribution >= 4 is 23.3 Å². The zero-order valence-corrected chi connectivity index (χ0v) is 18.7. The Kier molecular flexibility index (Phi) is 6.04. The SMILES string of the molecule is O=C(CN1CCN(C(=O)C2CCN(c3ccc4nnc(C(F)(F)F)n4n3)CC2)CC1)NC1CC1. The van der Waals surface area contributed by atoms with Gasteiger partial charge in [0.2, 0.25) is 11.8 Å². The van der Waals surface area contributed by atoms with Gasteiger partial charge in [0.15, 0.2) is 5.65 Å². The van der Waals surface area contributed by atoms with Crippen LogP contribution in [0.1, 0.15) is 31.5 Å². The van der Waals surface area contributed by atoms with Crippen LogP contribution in [-0.2, 0) is 15.8 Å². The van der Waals surface area contributed by atoms with E-state index in [4.69, 9.17) is 0 Å². The minimum absolute atomic E-state index is 0.0327. The molecule has 13 heteroatoms. The number of piperazine rings is 1. The van der Waals surface area contributed by atoms with Crippen molar-refractivity contribution in [3.63, 3.8) is 0 Å². The maximum absolute atomic E-state index is 13.1. The number of carbonyl (C=O) groups excluding carboxylic acids is 2. The Balaban J connectivity index is 1.13. The lowest BCUT2D eigenvalue weighted by Gasteiger charge is -2.38. The van der Waals surface area contributed by atoms with Gasteiger partial charge < -0.3 is 15.1 Å². The molecule has 5 rings (SSSR count). The van der Waals surface area contributed by atoms with Crippen LogP contribution < -0.4 is 10.2 Å². The number of nitrogens with zero attached hydrogens (tertiary/aromatic N) is 7. The predicted octanol–water partition coefficient (Wildman–Crippen LogP) is 0.782. The van der Waals surface area contributed by atoms with Gasteiger partial charge in [-0.25, -0.2) is 0 Å². The highest BCUT2D eigenvalue weighted by molar-refractivity contribution is 5.80. The monoisotopic (exact) mass is 480 g/mol. The van der Waals surface area contributed by atoms with Crippen molar-refractivity contribution in [3.05, 3.63) is 18.0 Å². The van der Waals surface area contributed by atoms with Crippen molar-refractivity contribution < 1.29 is 22.8 Å². The van der Waals surface area contributed by atoms with Gasteiger partial charge in [0.05, 0.1) is 6.54 Å². The number of halogens is 3. The molecule has 2 saturated heterocycles. The molecule has 4 heterocycles. The summed E-state index contributed by atoms with van der Waals surface area (Å²) in [6.07, 6.45) is -1.30. The summed E-state index contributed by atoms with van der Waals surface area (Å²) in [5.41, 5.74) is 0.0327. The Morgan fingerprint density at radius 2 is 1.68 bits per heavy atom. The first-order valence-corrected chi connectivity index (χ1v) is 11.6. The molecule has 1 N–H and O–H groups in total. The van der Waals surface area contributed by atoms with Crippen LogP contribution in [-0.4, -0.2) is 93.3 Å². The number of anilines is 1. The molecule has 0 spiro atoms. The van der Waals surface area contributed by atoms with E-state index in [1.54, 1.807) is 6.07 Å². The van der Waals surface area contributed by atoms with Gasteiger partial charge in [0, 0.05) is 51.2 Å². The van der Waals surface area contributed by atoms with E-state index in [-0.39, 0.29) is 23.4 Å². The lowest BCUT2D eigenvalue weighted by molar-refractivity contribution is -0.146. The molecule has 34 heavy (non-hydrogen) atoms. The van der Waals surface area contributed by atoms with Gasteiger partial charge in [-0.3, -0.25) is 14.5 Å². The van der Waals surface area contributed by atoms with E-state index >= 15 is 0 Å². The van der Waals surface area contributed by atoms with E-state index in [9.17, 15) is 22.8 Å². The van der Waals surface area contributed by atoms with E-state index in [0.717, 1.165) is 17.4 Å². The van der Waals surface area contributed by atoms with Crippen LogP contribution in [0.25, 0.3) is 5.65 Å². The molecule has 10 nitrogen and oxygen atoms in total. The zero-order chi connectivity index (χ0) is 23.9. The molecule has 0 aromatic carbocycles. The van der Waals surface area contributed by atoms with Gasteiger partial charge in [-0.15, -0.1) is 15.3 Å². The predicted molar refractivity (Wildman–Crippen MR) is 115 cm³/mol. The minimum Gasteiger partial charge on any atom is -0.355 e. The first-order chi connectivity index (χ1) is 16.3. The number of rotatable bonds is 5. The Morgan fingerprint density at radius 1 is 0.971 bits per heavy atom. The number of piperidine rings is 1. The Morgan fingerprint density at radius 3 is 2.32 bits per heavy atom. The fraction of sp³-hybridized carbons (Fsp3) is 0.667. The van der Waals surface area contributed by atoms with Crippen LogP contribution in [0.5, 0.6) is 0 Å². The molecular formula is C21H27F3N8O2. The molecular weight excluding hydrogens is 453 g/mol. The van der Waals surface area contributed by atoms with Crippen LogP contribution >= 0.6 is 0 Å². The summed E-state index contributed by atoms with van der Waals surface area (Å²) in [5.74, 6) is -0.704. The molecule has 1 saturated carbocycles. The van der Waals surface area contributed by atoms with Crippen molar-refractivity contribution in [2.24, 2.45) is 5.92 Å². The fourth-order valence-electron chi connectivity index (χ4n) is 4.57. The molecule has 0 unspecified atom stereocenters. The third-order valence-corrected chi connectivity index (χ3v) is 6.66. The second kappa shape index (κ2) is 9.01. The largest absolute Gasteiger partial charge is 0.453 e. The van der Waals surface area contributed by atoms with Crippen LogP contribution in [0, 0.1) is 5.92 Å². The highest BCUT2D eigenvalue weighted by Gasteiger charge is 2.38. The normalized spacial score (nSPS) is 20.7. The van der Waals surface area contributed by atoms with Crippen molar-refractivity contribution in [2.75, 3.05) is 50.7 Å².